The van der Waals surface area contributed by atoms with Crippen LogP contribution in [0.2, 0.25) is 0 Å². The molecule has 0 saturated carbocycles. The number of imidazole rings is 1. The Morgan fingerprint density at radius 3 is 2.38 bits per heavy atom. The van der Waals surface area contributed by atoms with E-state index in [-0.39, 0.29) is 0 Å². The van der Waals surface area contributed by atoms with Gasteiger partial charge in [0, 0.05) is 19.4 Å². The molecule has 1 aromatic rings. The summed E-state index contributed by atoms with van der Waals surface area (Å²) in [4.78, 5) is 7.14. The second kappa shape index (κ2) is 5.00. The van der Waals surface area contributed by atoms with E-state index in [1.807, 2.05) is 6.20 Å². The lowest BCUT2D eigenvalue weighted by molar-refractivity contribution is 0.120. The predicted octanol–water partition coefficient (Wildman–Crippen LogP) is 2.60. The molecule has 3 nitrogen and oxygen atoms in total. The summed E-state index contributed by atoms with van der Waals surface area (Å²) in [6.07, 6.45) is 8.03. The zero-order valence-electron chi connectivity index (χ0n) is 10.7. The minimum Gasteiger partial charge on any atom is -0.337 e. The van der Waals surface area contributed by atoms with Gasteiger partial charge in [0.05, 0.1) is 6.04 Å². The van der Waals surface area contributed by atoms with E-state index in [2.05, 4.69) is 41.5 Å². The maximum atomic E-state index is 4.53. The molecule has 1 aliphatic rings. The van der Waals surface area contributed by atoms with Crippen LogP contribution in [0.5, 0.6) is 0 Å². The van der Waals surface area contributed by atoms with Crippen molar-refractivity contribution in [2.75, 3.05) is 13.1 Å². The van der Waals surface area contributed by atoms with Gasteiger partial charge in [-0.15, -0.1) is 0 Å². The molecule has 1 atom stereocenters. The Hall–Kier alpha value is -0.830. The molecule has 0 radical (unpaired) electrons. The lowest BCUT2D eigenvalue weighted by Crippen LogP contribution is -2.37. The molecule has 1 aromatic heterocycles. The van der Waals surface area contributed by atoms with E-state index in [0.29, 0.717) is 12.0 Å². The van der Waals surface area contributed by atoms with Crippen LogP contribution in [0.4, 0.5) is 0 Å². The molecular weight excluding hydrogens is 198 g/mol. The molecule has 0 aromatic carbocycles. The van der Waals surface area contributed by atoms with Gasteiger partial charge in [0.25, 0.3) is 0 Å². The second-order valence-corrected chi connectivity index (χ2v) is 5.18. The summed E-state index contributed by atoms with van der Waals surface area (Å²) in [6, 6.07) is 0.486. The van der Waals surface area contributed by atoms with Gasteiger partial charge in [-0.2, -0.15) is 0 Å². The van der Waals surface area contributed by atoms with Crippen molar-refractivity contribution in [3.8, 4) is 0 Å². The largest absolute Gasteiger partial charge is 0.337 e. The molecule has 0 spiro atoms. The molecule has 0 N–H and O–H groups in total. The fourth-order valence-electron chi connectivity index (χ4n) is 2.74. The summed E-state index contributed by atoms with van der Waals surface area (Å²) in [5.41, 5.74) is 0. The number of likely N-dealkylation sites (tertiary alicyclic amines) is 1. The van der Waals surface area contributed by atoms with Crippen molar-refractivity contribution in [2.45, 2.75) is 39.2 Å². The van der Waals surface area contributed by atoms with E-state index >= 15 is 0 Å². The summed E-state index contributed by atoms with van der Waals surface area (Å²) < 4.78 is 2.17. The molecule has 1 aliphatic heterocycles. The first-order valence-corrected chi connectivity index (χ1v) is 6.41. The van der Waals surface area contributed by atoms with Crippen LogP contribution in [0, 0.1) is 5.92 Å². The minimum atomic E-state index is 0.486. The number of rotatable bonds is 3. The van der Waals surface area contributed by atoms with Gasteiger partial charge in [-0.25, -0.2) is 4.98 Å². The molecule has 0 bridgehead atoms. The highest BCUT2D eigenvalue weighted by Crippen LogP contribution is 2.29. The lowest BCUT2D eigenvalue weighted by Gasteiger charge is -2.36. The van der Waals surface area contributed by atoms with Gasteiger partial charge >= 0.3 is 0 Å². The first kappa shape index (κ1) is 11.6. The molecule has 1 unspecified atom stereocenters. The van der Waals surface area contributed by atoms with Crippen LogP contribution >= 0.6 is 0 Å². The second-order valence-electron chi connectivity index (χ2n) is 5.18. The van der Waals surface area contributed by atoms with Crippen molar-refractivity contribution in [1.82, 2.24) is 14.5 Å². The summed E-state index contributed by atoms with van der Waals surface area (Å²) in [7, 11) is 2.10. The van der Waals surface area contributed by atoms with Gasteiger partial charge in [0.1, 0.15) is 5.82 Å². The van der Waals surface area contributed by atoms with Crippen molar-refractivity contribution >= 4 is 0 Å². The maximum absolute atomic E-state index is 4.53. The van der Waals surface area contributed by atoms with Crippen LogP contribution in [0.3, 0.4) is 0 Å². The van der Waals surface area contributed by atoms with E-state index in [0.717, 1.165) is 0 Å². The Labute approximate surface area is 98.5 Å². The number of aromatic nitrogens is 2. The summed E-state index contributed by atoms with van der Waals surface area (Å²) >= 11 is 0. The number of hydrogen-bond acceptors (Lipinski definition) is 2. The van der Waals surface area contributed by atoms with Crippen LogP contribution in [-0.2, 0) is 7.05 Å². The molecule has 16 heavy (non-hydrogen) atoms. The van der Waals surface area contributed by atoms with Gasteiger partial charge in [-0.1, -0.05) is 20.3 Å². The molecule has 3 heteroatoms. The summed E-state index contributed by atoms with van der Waals surface area (Å²) in [5.74, 6) is 1.84. The lowest BCUT2D eigenvalue weighted by atomic mass is 9.98. The Kier molecular flexibility index (Phi) is 3.64. The fourth-order valence-corrected chi connectivity index (χ4v) is 2.74. The fraction of sp³-hybridized carbons (Fsp3) is 0.769. The summed E-state index contributed by atoms with van der Waals surface area (Å²) in [6.45, 7) is 7.06. The van der Waals surface area contributed by atoms with E-state index in [9.17, 15) is 0 Å². The number of piperidine rings is 1. The van der Waals surface area contributed by atoms with Crippen LogP contribution in [0.15, 0.2) is 12.4 Å². The highest BCUT2D eigenvalue weighted by Gasteiger charge is 2.27. The van der Waals surface area contributed by atoms with Crippen molar-refractivity contribution < 1.29 is 0 Å². The Morgan fingerprint density at radius 1 is 1.19 bits per heavy atom. The molecule has 2 rings (SSSR count). The quantitative estimate of drug-likeness (QED) is 0.782. The van der Waals surface area contributed by atoms with E-state index < -0.39 is 0 Å². The smallest absolute Gasteiger partial charge is 0.126 e. The number of nitrogens with zero attached hydrogens (tertiary/aromatic N) is 3. The van der Waals surface area contributed by atoms with Crippen LogP contribution in [-0.4, -0.2) is 27.5 Å². The average Bonchev–Trinajstić information content (AvgIpc) is 2.66. The Morgan fingerprint density at radius 2 is 1.88 bits per heavy atom. The van der Waals surface area contributed by atoms with Gasteiger partial charge in [0.2, 0.25) is 0 Å². The summed E-state index contributed by atoms with van der Waals surface area (Å²) in [5, 5.41) is 0. The molecule has 2 heterocycles. The molecule has 0 amide bonds. The molecular formula is C13H23N3. The minimum absolute atomic E-state index is 0.486. The predicted molar refractivity (Wildman–Crippen MR) is 66.2 cm³/mol. The first-order valence-electron chi connectivity index (χ1n) is 6.41. The molecule has 1 saturated heterocycles. The van der Waals surface area contributed by atoms with Crippen LogP contribution in [0.1, 0.15) is 45.0 Å². The number of hydrogen-bond donors (Lipinski definition) is 0. The maximum Gasteiger partial charge on any atom is 0.126 e. The monoisotopic (exact) mass is 221 g/mol. The highest BCUT2D eigenvalue weighted by atomic mass is 15.2. The van der Waals surface area contributed by atoms with Crippen molar-refractivity contribution in [3.63, 3.8) is 0 Å². The highest BCUT2D eigenvalue weighted by molar-refractivity contribution is 5.01. The molecule has 0 aliphatic carbocycles. The van der Waals surface area contributed by atoms with Crippen molar-refractivity contribution in [3.05, 3.63) is 18.2 Å². The topological polar surface area (TPSA) is 21.1 Å². The van der Waals surface area contributed by atoms with E-state index in [1.54, 1.807) is 0 Å². The average molecular weight is 221 g/mol. The van der Waals surface area contributed by atoms with Crippen LogP contribution in [0.25, 0.3) is 0 Å². The first-order chi connectivity index (χ1) is 7.70. The third kappa shape index (κ3) is 2.29. The third-order valence-electron chi connectivity index (χ3n) is 3.54. The Balaban J connectivity index is 2.19. The number of aryl methyl sites for hydroxylation is 1. The zero-order valence-corrected chi connectivity index (χ0v) is 10.7. The Bertz CT molecular complexity index is 324. The van der Waals surface area contributed by atoms with Gasteiger partial charge in [0.15, 0.2) is 0 Å². The molecule has 90 valence electrons. The zero-order chi connectivity index (χ0) is 11.5. The third-order valence-corrected chi connectivity index (χ3v) is 3.54. The van der Waals surface area contributed by atoms with Gasteiger partial charge < -0.3 is 4.57 Å². The standard InChI is InChI=1S/C13H23N3/c1-11(2)12(13-14-7-10-15(13)3)16-8-5-4-6-9-16/h7,10-12H,4-6,8-9H2,1-3H3. The molecule has 1 fully saturated rings. The van der Waals surface area contributed by atoms with Crippen molar-refractivity contribution in [2.24, 2.45) is 13.0 Å². The van der Waals surface area contributed by atoms with Gasteiger partial charge in [-0.3, -0.25) is 4.90 Å². The van der Waals surface area contributed by atoms with Gasteiger partial charge in [-0.05, 0) is 31.8 Å². The normalized spacial score (nSPS) is 20.2. The van der Waals surface area contributed by atoms with E-state index in [1.165, 1.54) is 38.2 Å². The van der Waals surface area contributed by atoms with Crippen LogP contribution < -0.4 is 0 Å². The SMILES string of the molecule is CC(C)C(c1nccn1C)N1CCCCC1. The van der Waals surface area contributed by atoms with E-state index in [4.69, 9.17) is 0 Å². The van der Waals surface area contributed by atoms with Crippen molar-refractivity contribution in [1.29, 1.82) is 0 Å².